The number of anilines is 2. The van der Waals surface area contributed by atoms with Crippen LogP contribution in [-0.2, 0) is 0 Å². The number of amides is 2. The number of carbonyl (C=O) groups excluding carboxylic acids is 2. The number of nitrogens with one attached hydrogen (secondary N) is 1. The van der Waals surface area contributed by atoms with E-state index in [4.69, 9.17) is 11.6 Å². The van der Waals surface area contributed by atoms with Crippen LogP contribution in [0.25, 0.3) is 0 Å². The zero-order valence-electron chi connectivity index (χ0n) is 18.5. The SMILES string of the molecule is Cc1ccccc1C(=O)N1CCN(c2ccc(NC(=O)c3ccccc3[N+](=O)[O-])cc2Cl)CC1. The summed E-state index contributed by atoms with van der Waals surface area (Å²) in [5, 5.41) is 14.3. The summed E-state index contributed by atoms with van der Waals surface area (Å²) in [6, 6.07) is 18.5. The van der Waals surface area contributed by atoms with E-state index in [9.17, 15) is 19.7 Å². The van der Waals surface area contributed by atoms with Crippen LogP contribution in [0.3, 0.4) is 0 Å². The van der Waals surface area contributed by atoms with Gasteiger partial charge >= 0.3 is 0 Å². The molecule has 3 aromatic rings. The topological polar surface area (TPSA) is 95.8 Å². The van der Waals surface area contributed by atoms with Crippen molar-refractivity contribution < 1.29 is 14.5 Å². The summed E-state index contributed by atoms with van der Waals surface area (Å²) in [5.41, 5.74) is 2.62. The van der Waals surface area contributed by atoms with Crippen LogP contribution in [0, 0.1) is 17.0 Å². The summed E-state index contributed by atoms with van der Waals surface area (Å²) in [6.45, 7) is 4.32. The summed E-state index contributed by atoms with van der Waals surface area (Å²) in [4.78, 5) is 40.0. The molecule has 0 aromatic heterocycles. The highest BCUT2D eigenvalue weighted by molar-refractivity contribution is 6.33. The summed E-state index contributed by atoms with van der Waals surface area (Å²) in [7, 11) is 0. The molecule has 1 N–H and O–H groups in total. The normalized spacial score (nSPS) is 13.5. The quantitative estimate of drug-likeness (QED) is 0.421. The molecule has 1 aliphatic rings. The van der Waals surface area contributed by atoms with Gasteiger partial charge in [-0.15, -0.1) is 0 Å². The number of rotatable bonds is 5. The summed E-state index contributed by atoms with van der Waals surface area (Å²) >= 11 is 6.51. The third kappa shape index (κ3) is 4.87. The molecule has 1 fully saturated rings. The van der Waals surface area contributed by atoms with E-state index in [1.54, 1.807) is 24.3 Å². The van der Waals surface area contributed by atoms with Gasteiger partial charge in [0.05, 0.1) is 15.6 Å². The Bertz CT molecular complexity index is 1260. The van der Waals surface area contributed by atoms with Crippen LogP contribution in [0.2, 0.25) is 5.02 Å². The van der Waals surface area contributed by atoms with Gasteiger partial charge < -0.3 is 15.1 Å². The first-order valence-corrected chi connectivity index (χ1v) is 11.2. The number of nitro groups is 1. The fraction of sp³-hybridized carbons (Fsp3) is 0.200. The number of hydrogen-bond acceptors (Lipinski definition) is 5. The zero-order valence-corrected chi connectivity index (χ0v) is 19.3. The average molecular weight is 479 g/mol. The second-order valence-corrected chi connectivity index (χ2v) is 8.40. The smallest absolute Gasteiger partial charge is 0.282 e. The molecule has 0 bridgehead atoms. The minimum Gasteiger partial charge on any atom is -0.367 e. The summed E-state index contributed by atoms with van der Waals surface area (Å²) in [5.74, 6) is -0.559. The van der Waals surface area contributed by atoms with Crippen molar-refractivity contribution in [1.29, 1.82) is 0 Å². The monoisotopic (exact) mass is 478 g/mol. The van der Waals surface area contributed by atoms with Gasteiger partial charge in [0, 0.05) is 43.5 Å². The minimum absolute atomic E-state index is 0.0249. The Hall–Kier alpha value is -3.91. The molecular formula is C25H23ClN4O4. The number of nitrogens with zero attached hydrogens (tertiary/aromatic N) is 3. The van der Waals surface area contributed by atoms with E-state index in [1.165, 1.54) is 18.2 Å². The van der Waals surface area contributed by atoms with Crippen molar-refractivity contribution in [3.63, 3.8) is 0 Å². The van der Waals surface area contributed by atoms with Crippen molar-refractivity contribution in [2.45, 2.75) is 6.92 Å². The van der Waals surface area contributed by atoms with Gasteiger partial charge in [-0.1, -0.05) is 41.9 Å². The Labute approximate surface area is 201 Å². The maximum atomic E-state index is 12.9. The predicted octanol–water partition coefficient (Wildman–Crippen LogP) is 4.77. The van der Waals surface area contributed by atoms with E-state index in [1.807, 2.05) is 36.1 Å². The van der Waals surface area contributed by atoms with Gasteiger partial charge in [-0.25, -0.2) is 0 Å². The van der Waals surface area contributed by atoms with Crippen LogP contribution in [0.4, 0.5) is 17.1 Å². The number of aryl methyl sites for hydroxylation is 1. The van der Waals surface area contributed by atoms with Gasteiger partial charge in [0.1, 0.15) is 5.56 Å². The lowest BCUT2D eigenvalue weighted by molar-refractivity contribution is -0.385. The van der Waals surface area contributed by atoms with Crippen LogP contribution in [0.1, 0.15) is 26.3 Å². The Morgan fingerprint density at radius 3 is 2.24 bits per heavy atom. The molecule has 0 unspecified atom stereocenters. The molecule has 9 heteroatoms. The molecule has 8 nitrogen and oxygen atoms in total. The maximum Gasteiger partial charge on any atom is 0.282 e. The molecule has 0 aliphatic carbocycles. The van der Waals surface area contributed by atoms with E-state index in [-0.39, 0.29) is 17.2 Å². The van der Waals surface area contributed by atoms with Crippen molar-refractivity contribution in [2.75, 3.05) is 36.4 Å². The number of halogens is 1. The van der Waals surface area contributed by atoms with E-state index >= 15 is 0 Å². The lowest BCUT2D eigenvalue weighted by atomic mass is 10.1. The highest BCUT2D eigenvalue weighted by Gasteiger charge is 2.24. The summed E-state index contributed by atoms with van der Waals surface area (Å²) < 4.78 is 0. The first-order valence-electron chi connectivity index (χ1n) is 10.8. The van der Waals surface area contributed by atoms with Gasteiger partial charge in [-0.2, -0.15) is 0 Å². The van der Waals surface area contributed by atoms with E-state index in [0.717, 1.165) is 11.3 Å². The van der Waals surface area contributed by atoms with Crippen LogP contribution in [0.15, 0.2) is 66.7 Å². The number of nitro benzene ring substituents is 1. The fourth-order valence-corrected chi connectivity index (χ4v) is 4.30. The molecule has 1 aliphatic heterocycles. The lowest BCUT2D eigenvalue weighted by Gasteiger charge is -2.36. The molecule has 0 saturated carbocycles. The first-order chi connectivity index (χ1) is 16.3. The molecule has 34 heavy (non-hydrogen) atoms. The average Bonchev–Trinajstić information content (AvgIpc) is 2.84. The second kappa shape index (κ2) is 9.93. The van der Waals surface area contributed by atoms with Gasteiger partial charge in [0.15, 0.2) is 0 Å². The molecule has 4 rings (SSSR count). The third-order valence-electron chi connectivity index (χ3n) is 5.83. The van der Waals surface area contributed by atoms with Gasteiger partial charge in [-0.3, -0.25) is 19.7 Å². The molecule has 174 valence electrons. The Morgan fingerprint density at radius 1 is 0.941 bits per heavy atom. The molecule has 3 aromatic carbocycles. The molecule has 1 heterocycles. The number of carbonyl (C=O) groups is 2. The highest BCUT2D eigenvalue weighted by Crippen LogP contribution is 2.30. The number of piperazine rings is 1. The van der Waals surface area contributed by atoms with E-state index in [0.29, 0.717) is 42.5 Å². The number of hydrogen-bond donors (Lipinski definition) is 1. The van der Waals surface area contributed by atoms with Gasteiger partial charge in [-0.05, 0) is 42.8 Å². The fourth-order valence-electron chi connectivity index (χ4n) is 4.00. The van der Waals surface area contributed by atoms with Crippen molar-refractivity contribution in [3.05, 3.63) is 98.6 Å². The Balaban J connectivity index is 1.41. The maximum absolute atomic E-state index is 12.9. The van der Waals surface area contributed by atoms with Crippen molar-refractivity contribution in [3.8, 4) is 0 Å². The molecule has 0 radical (unpaired) electrons. The van der Waals surface area contributed by atoms with Crippen molar-refractivity contribution in [1.82, 2.24) is 4.90 Å². The minimum atomic E-state index is -0.589. The van der Waals surface area contributed by atoms with Crippen LogP contribution in [-0.4, -0.2) is 47.8 Å². The lowest BCUT2D eigenvalue weighted by Crippen LogP contribution is -2.49. The molecule has 0 atom stereocenters. The number of benzene rings is 3. The van der Waals surface area contributed by atoms with Crippen LogP contribution >= 0.6 is 11.6 Å². The van der Waals surface area contributed by atoms with Crippen molar-refractivity contribution in [2.24, 2.45) is 0 Å². The Morgan fingerprint density at radius 2 is 1.59 bits per heavy atom. The molecule has 1 saturated heterocycles. The van der Waals surface area contributed by atoms with E-state index in [2.05, 4.69) is 10.2 Å². The van der Waals surface area contributed by atoms with Gasteiger partial charge in [0.2, 0.25) is 0 Å². The summed E-state index contributed by atoms with van der Waals surface area (Å²) in [6.07, 6.45) is 0. The third-order valence-corrected chi connectivity index (χ3v) is 6.14. The molecule has 0 spiro atoms. The largest absolute Gasteiger partial charge is 0.367 e. The first kappa shape index (κ1) is 23.3. The predicted molar refractivity (Wildman–Crippen MR) is 132 cm³/mol. The highest BCUT2D eigenvalue weighted by atomic mass is 35.5. The van der Waals surface area contributed by atoms with E-state index < -0.39 is 10.8 Å². The van der Waals surface area contributed by atoms with Crippen LogP contribution < -0.4 is 10.2 Å². The second-order valence-electron chi connectivity index (χ2n) is 7.99. The Kier molecular flexibility index (Phi) is 6.79. The zero-order chi connectivity index (χ0) is 24.2. The van der Waals surface area contributed by atoms with Gasteiger partial charge in [0.25, 0.3) is 17.5 Å². The van der Waals surface area contributed by atoms with Crippen LogP contribution in [0.5, 0.6) is 0 Å². The van der Waals surface area contributed by atoms with Crippen molar-refractivity contribution >= 4 is 40.5 Å². The molecular weight excluding hydrogens is 456 g/mol. The number of para-hydroxylation sites is 1. The standard InChI is InChI=1S/C25H23ClN4O4/c1-17-6-2-3-7-19(17)25(32)29-14-12-28(13-15-29)23-11-10-18(16-21(23)26)27-24(31)20-8-4-5-9-22(20)30(33)34/h2-11,16H,12-15H2,1H3,(H,27,31). The molecule has 2 amide bonds.